The fraction of sp³-hybridized carbons (Fsp3) is 0.333. The van der Waals surface area contributed by atoms with Crippen LogP contribution in [0.4, 0.5) is 8.78 Å². The molecule has 2 aromatic rings. The molecular formula is C12H13F2N3O. The van der Waals surface area contributed by atoms with E-state index >= 15 is 0 Å². The van der Waals surface area contributed by atoms with Gasteiger partial charge in [-0.25, -0.2) is 8.78 Å². The maximum atomic E-state index is 13.5. The first kappa shape index (κ1) is 12.6. The third kappa shape index (κ3) is 2.53. The zero-order chi connectivity index (χ0) is 13.3. The summed E-state index contributed by atoms with van der Waals surface area (Å²) in [4.78, 5) is 0. The van der Waals surface area contributed by atoms with Crippen LogP contribution in [0.3, 0.4) is 0 Å². The molecule has 0 fully saturated rings. The van der Waals surface area contributed by atoms with E-state index in [0.717, 1.165) is 6.07 Å². The van der Waals surface area contributed by atoms with Crippen molar-refractivity contribution in [2.24, 2.45) is 7.05 Å². The van der Waals surface area contributed by atoms with Crippen molar-refractivity contribution in [3.8, 4) is 0 Å². The number of aromatic nitrogens is 3. The summed E-state index contributed by atoms with van der Waals surface area (Å²) >= 11 is 0. The van der Waals surface area contributed by atoms with E-state index in [1.165, 1.54) is 17.7 Å². The Labute approximate surface area is 103 Å². The van der Waals surface area contributed by atoms with Gasteiger partial charge in [0.2, 0.25) is 0 Å². The molecule has 1 aromatic carbocycles. The minimum absolute atomic E-state index is 0.0690. The summed E-state index contributed by atoms with van der Waals surface area (Å²) in [6, 6.07) is 2.09. The minimum Gasteiger partial charge on any atom is -0.388 e. The lowest BCUT2D eigenvalue weighted by molar-refractivity contribution is 0.172. The van der Waals surface area contributed by atoms with Crippen LogP contribution in [0.1, 0.15) is 22.9 Å². The van der Waals surface area contributed by atoms with Gasteiger partial charge in [-0.1, -0.05) is 5.21 Å². The maximum Gasteiger partial charge on any atom is 0.131 e. The van der Waals surface area contributed by atoms with Crippen molar-refractivity contribution in [2.45, 2.75) is 19.4 Å². The first-order valence-electron chi connectivity index (χ1n) is 5.46. The van der Waals surface area contributed by atoms with Gasteiger partial charge < -0.3 is 5.11 Å². The molecule has 0 bridgehead atoms. The molecule has 18 heavy (non-hydrogen) atoms. The van der Waals surface area contributed by atoms with Crippen LogP contribution in [-0.2, 0) is 13.5 Å². The Morgan fingerprint density at radius 2 is 2.06 bits per heavy atom. The molecule has 2 rings (SSSR count). The zero-order valence-electron chi connectivity index (χ0n) is 10.1. The number of benzene rings is 1. The average molecular weight is 253 g/mol. The molecule has 1 atom stereocenters. The van der Waals surface area contributed by atoms with E-state index < -0.39 is 17.7 Å². The molecule has 0 aliphatic rings. The number of halogens is 2. The van der Waals surface area contributed by atoms with E-state index in [2.05, 4.69) is 10.3 Å². The molecule has 1 heterocycles. The second-order valence-corrected chi connectivity index (χ2v) is 4.23. The highest BCUT2D eigenvalue weighted by Gasteiger charge is 2.17. The lowest BCUT2D eigenvalue weighted by atomic mass is 10.0. The summed E-state index contributed by atoms with van der Waals surface area (Å²) in [5.74, 6) is -1.38. The number of rotatable bonds is 3. The Morgan fingerprint density at radius 3 is 2.67 bits per heavy atom. The minimum atomic E-state index is -1.07. The molecule has 0 amide bonds. The lowest BCUT2D eigenvalue weighted by Gasteiger charge is -2.11. The number of nitrogens with zero attached hydrogens (tertiary/aromatic N) is 3. The van der Waals surface area contributed by atoms with E-state index in [1.54, 1.807) is 13.2 Å². The predicted octanol–water partition coefficient (Wildman–Crippen LogP) is 1.68. The molecule has 0 saturated carbocycles. The molecule has 1 unspecified atom stereocenters. The van der Waals surface area contributed by atoms with Gasteiger partial charge in [0.1, 0.15) is 11.6 Å². The first-order valence-corrected chi connectivity index (χ1v) is 5.46. The first-order chi connectivity index (χ1) is 8.47. The van der Waals surface area contributed by atoms with Gasteiger partial charge in [-0.2, -0.15) is 0 Å². The predicted molar refractivity (Wildman–Crippen MR) is 60.8 cm³/mol. The fourth-order valence-corrected chi connectivity index (χ4v) is 1.73. The molecule has 96 valence electrons. The van der Waals surface area contributed by atoms with Crippen molar-refractivity contribution in [3.05, 3.63) is 46.8 Å². The van der Waals surface area contributed by atoms with Crippen LogP contribution in [0.15, 0.2) is 18.3 Å². The summed E-state index contributed by atoms with van der Waals surface area (Å²) in [5.41, 5.74) is 0.913. The Balaban J connectivity index is 2.23. The molecular weight excluding hydrogens is 240 g/mol. The second-order valence-electron chi connectivity index (χ2n) is 4.23. The highest BCUT2D eigenvalue weighted by atomic mass is 19.1. The zero-order valence-corrected chi connectivity index (χ0v) is 10.1. The van der Waals surface area contributed by atoms with Gasteiger partial charge in [-0.3, -0.25) is 4.68 Å². The number of aliphatic hydroxyl groups excluding tert-OH is 1. The summed E-state index contributed by atoms with van der Waals surface area (Å²) in [6.45, 7) is 1.52. The van der Waals surface area contributed by atoms with Crippen molar-refractivity contribution >= 4 is 0 Å². The van der Waals surface area contributed by atoms with Crippen LogP contribution in [0.2, 0.25) is 0 Å². The second kappa shape index (κ2) is 4.81. The highest BCUT2D eigenvalue weighted by Crippen LogP contribution is 2.23. The Hall–Kier alpha value is -1.82. The third-order valence-corrected chi connectivity index (χ3v) is 2.69. The number of hydrogen-bond donors (Lipinski definition) is 1. The van der Waals surface area contributed by atoms with Crippen LogP contribution in [0, 0.1) is 18.6 Å². The summed E-state index contributed by atoms with van der Waals surface area (Å²) in [6.07, 6.45) is 0.703. The normalized spacial score (nSPS) is 12.7. The molecule has 0 radical (unpaired) electrons. The van der Waals surface area contributed by atoms with Crippen molar-refractivity contribution in [3.63, 3.8) is 0 Å². The van der Waals surface area contributed by atoms with Crippen molar-refractivity contribution in [1.29, 1.82) is 0 Å². The third-order valence-electron chi connectivity index (χ3n) is 2.69. The monoisotopic (exact) mass is 253 g/mol. The van der Waals surface area contributed by atoms with Crippen LogP contribution in [-0.4, -0.2) is 20.1 Å². The SMILES string of the molecule is Cc1cc(C(O)Cc2cn(C)nn2)c(F)cc1F. The summed E-state index contributed by atoms with van der Waals surface area (Å²) in [7, 11) is 1.70. The van der Waals surface area contributed by atoms with Crippen molar-refractivity contribution < 1.29 is 13.9 Å². The van der Waals surface area contributed by atoms with Gasteiger partial charge in [0.05, 0.1) is 11.8 Å². The maximum absolute atomic E-state index is 13.5. The van der Waals surface area contributed by atoms with E-state index in [4.69, 9.17) is 0 Å². The van der Waals surface area contributed by atoms with Crippen molar-refractivity contribution in [2.75, 3.05) is 0 Å². The topological polar surface area (TPSA) is 50.9 Å². The standard InChI is InChI=1S/C12H13F2N3O/c1-7-3-9(11(14)5-10(7)13)12(18)4-8-6-17(2)16-15-8/h3,5-6,12,18H,4H2,1-2H3. The number of aliphatic hydroxyl groups is 1. The van der Waals surface area contributed by atoms with Gasteiger partial charge in [0.25, 0.3) is 0 Å². The molecule has 1 N–H and O–H groups in total. The van der Waals surface area contributed by atoms with Gasteiger partial charge in [0, 0.05) is 31.3 Å². The van der Waals surface area contributed by atoms with Crippen LogP contribution in [0.5, 0.6) is 0 Å². The molecule has 1 aromatic heterocycles. The molecule has 0 saturated heterocycles. The van der Waals surface area contributed by atoms with Crippen LogP contribution >= 0.6 is 0 Å². The van der Waals surface area contributed by atoms with Gasteiger partial charge >= 0.3 is 0 Å². The van der Waals surface area contributed by atoms with E-state index in [9.17, 15) is 13.9 Å². The summed E-state index contributed by atoms with van der Waals surface area (Å²) < 4.78 is 28.1. The molecule has 6 heteroatoms. The lowest BCUT2D eigenvalue weighted by Crippen LogP contribution is -2.06. The molecule has 4 nitrogen and oxygen atoms in total. The Bertz CT molecular complexity index is 568. The molecule has 0 aliphatic carbocycles. The smallest absolute Gasteiger partial charge is 0.131 e. The van der Waals surface area contributed by atoms with Crippen LogP contribution < -0.4 is 0 Å². The number of hydrogen-bond acceptors (Lipinski definition) is 3. The van der Waals surface area contributed by atoms with Gasteiger partial charge in [0.15, 0.2) is 0 Å². The molecule has 0 spiro atoms. The van der Waals surface area contributed by atoms with Crippen LogP contribution in [0.25, 0.3) is 0 Å². The van der Waals surface area contributed by atoms with Crippen molar-refractivity contribution in [1.82, 2.24) is 15.0 Å². The Kier molecular flexibility index (Phi) is 3.38. The number of aryl methyl sites for hydroxylation is 2. The Morgan fingerprint density at radius 1 is 1.33 bits per heavy atom. The van der Waals surface area contributed by atoms with E-state index in [0.29, 0.717) is 11.3 Å². The van der Waals surface area contributed by atoms with E-state index in [-0.39, 0.29) is 12.0 Å². The molecule has 0 aliphatic heterocycles. The average Bonchev–Trinajstić information content (AvgIpc) is 2.69. The largest absolute Gasteiger partial charge is 0.388 e. The van der Waals surface area contributed by atoms with Gasteiger partial charge in [-0.15, -0.1) is 5.10 Å². The fourth-order valence-electron chi connectivity index (χ4n) is 1.73. The van der Waals surface area contributed by atoms with Gasteiger partial charge in [-0.05, 0) is 18.6 Å². The quantitative estimate of drug-likeness (QED) is 0.905. The van der Waals surface area contributed by atoms with E-state index in [1.807, 2.05) is 0 Å². The highest BCUT2D eigenvalue weighted by molar-refractivity contribution is 5.28. The summed E-state index contributed by atoms with van der Waals surface area (Å²) in [5, 5.41) is 17.5.